The summed E-state index contributed by atoms with van der Waals surface area (Å²) in [7, 11) is 1.66. The number of nitrogens with one attached hydrogen (secondary N) is 1. The molecule has 0 aliphatic heterocycles. The molecule has 0 spiro atoms. The van der Waals surface area contributed by atoms with E-state index in [-0.39, 0.29) is 0 Å². The number of ether oxygens (including phenoxy) is 1. The Labute approximate surface area is 202 Å². The highest BCUT2D eigenvalue weighted by Crippen LogP contribution is 2.33. The van der Waals surface area contributed by atoms with Crippen LogP contribution in [0.5, 0.6) is 5.75 Å². The number of hydrogen-bond acceptors (Lipinski definition) is 7. The van der Waals surface area contributed by atoms with E-state index in [9.17, 15) is 0 Å². The van der Waals surface area contributed by atoms with Gasteiger partial charge < -0.3 is 14.5 Å². The second-order valence-corrected chi connectivity index (χ2v) is 8.65. The Morgan fingerprint density at radius 3 is 2.50 bits per heavy atom. The fourth-order valence-corrected chi connectivity index (χ4v) is 4.57. The molecule has 8 heteroatoms. The van der Waals surface area contributed by atoms with Gasteiger partial charge in [0.05, 0.1) is 13.4 Å². The van der Waals surface area contributed by atoms with E-state index < -0.39 is 0 Å². The average molecular weight is 472 g/mol. The minimum Gasteiger partial charge on any atom is -0.497 e. The lowest BCUT2D eigenvalue weighted by Crippen LogP contribution is -2.04. The van der Waals surface area contributed by atoms with Crippen LogP contribution in [0.2, 0.25) is 0 Å². The number of imidazole rings is 1. The standard InChI is InChI=1S/C26H25N5O2S/c1-3-27-23-22-25(30-26(29-23)34-17-15-18-8-5-4-6-9-18)31(19-11-13-20(32-2)14-12-19)24(28-22)21-10-7-16-33-21/h4-14,16H,3,15,17H2,1-2H3,(H,27,29,30). The molecule has 3 heterocycles. The molecule has 0 aliphatic carbocycles. The van der Waals surface area contributed by atoms with E-state index in [1.807, 2.05) is 54.0 Å². The van der Waals surface area contributed by atoms with E-state index in [1.54, 1.807) is 25.1 Å². The molecule has 1 N–H and O–H groups in total. The third-order valence-corrected chi connectivity index (χ3v) is 6.22. The first-order chi connectivity index (χ1) is 16.8. The van der Waals surface area contributed by atoms with Crippen LogP contribution in [-0.4, -0.2) is 38.9 Å². The Morgan fingerprint density at radius 2 is 1.79 bits per heavy atom. The molecule has 0 saturated carbocycles. The summed E-state index contributed by atoms with van der Waals surface area (Å²) in [5.41, 5.74) is 3.64. The maximum Gasteiger partial charge on any atom is 0.191 e. The van der Waals surface area contributed by atoms with Crippen LogP contribution in [0.4, 0.5) is 5.82 Å². The second-order valence-electron chi connectivity index (χ2n) is 7.59. The van der Waals surface area contributed by atoms with E-state index in [2.05, 4.69) is 29.6 Å². The van der Waals surface area contributed by atoms with Crippen LogP contribution in [0.3, 0.4) is 0 Å². The molecule has 0 amide bonds. The highest BCUT2D eigenvalue weighted by molar-refractivity contribution is 7.99. The van der Waals surface area contributed by atoms with Crippen LogP contribution in [0.1, 0.15) is 12.5 Å². The number of rotatable bonds is 9. The summed E-state index contributed by atoms with van der Waals surface area (Å²) in [5.74, 6) is 3.71. The van der Waals surface area contributed by atoms with Gasteiger partial charge in [0.25, 0.3) is 0 Å². The predicted octanol–water partition coefficient (Wildman–Crippen LogP) is 5.85. The average Bonchev–Trinajstić information content (AvgIpc) is 3.53. The topological polar surface area (TPSA) is 78.0 Å². The lowest BCUT2D eigenvalue weighted by Gasteiger charge is -2.10. The number of anilines is 1. The van der Waals surface area contributed by atoms with Crippen molar-refractivity contribution in [1.29, 1.82) is 0 Å². The minimum atomic E-state index is 0.662. The molecule has 5 aromatic rings. The first-order valence-electron chi connectivity index (χ1n) is 11.2. The summed E-state index contributed by atoms with van der Waals surface area (Å²) in [4.78, 5) is 14.6. The molecule has 2 aromatic carbocycles. The summed E-state index contributed by atoms with van der Waals surface area (Å²) in [6, 6.07) is 22.0. The number of aryl methyl sites for hydroxylation is 1. The SMILES string of the molecule is CCNc1nc(SCCc2ccccc2)nc2c1nc(-c1ccco1)n2-c1ccc(OC)cc1. The number of thioether (sulfide) groups is 1. The fraction of sp³-hybridized carbons (Fsp3) is 0.192. The van der Waals surface area contributed by atoms with Gasteiger partial charge in [0.15, 0.2) is 33.7 Å². The van der Waals surface area contributed by atoms with Crippen LogP contribution < -0.4 is 10.1 Å². The van der Waals surface area contributed by atoms with Gasteiger partial charge in [0.1, 0.15) is 5.75 Å². The lowest BCUT2D eigenvalue weighted by atomic mass is 10.2. The Hall–Kier alpha value is -3.78. The first kappa shape index (κ1) is 22.0. The van der Waals surface area contributed by atoms with E-state index in [0.29, 0.717) is 22.3 Å². The third kappa shape index (κ3) is 4.49. The van der Waals surface area contributed by atoms with Gasteiger partial charge >= 0.3 is 0 Å². The molecule has 3 aromatic heterocycles. The van der Waals surface area contributed by atoms with Crippen molar-refractivity contribution in [3.05, 3.63) is 78.6 Å². The predicted molar refractivity (Wildman–Crippen MR) is 136 cm³/mol. The van der Waals surface area contributed by atoms with Gasteiger partial charge in [-0.05, 0) is 55.3 Å². The number of aromatic nitrogens is 4. The molecule has 0 radical (unpaired) electrons. The molecule has 0 bridgehead atoms. The number of hydrogen-bond donors (Lipinski definition) is 1. The van der Waals surface area contributed by atoms with Crippen LogP contribution in [0.25, 0.3) is 28.4 Å². The van der Waals surface area contributed by atoms with Gasteiger partial charge in [0, 0.05) is 18.0 Å². The Kier molecular flexibility index (Phi) is 6.49. The van der Waals surface area contributed by atoms with Gasteiger partial charge in [0.2, 0.25) is 0 Å². The van der Waals surface area contributed by atoms with Gasteiger partial charge in [-0.15, -0.1) is 0 Å². The maximum atomic E-state index is 5.72. The molecule has 0 unspecified atom stereocenters. The van der Waals surface area contributed by atoms with Crippen molar-refractivity contribution in [3.8, 4) is 23.0 Å². The highest BCUT2D eigenvalue weighted by Gasteiger charge is 2.21. The smallest absolute Gasteiger partial charge is 0.191 e. The molecule has 0 fully saturated rings. The van der Waals surface area contributed by atoms with Crippen molar-refractivity contribution < 1.29 is 9.15 Å². The van der Waals surface area contributed by atoms with Gasteiger partial charge in [-0.2, -0.15) is 0 Å². The monoisotopic (exact) mass is 471 g/mol. The van der Waals surface area contributed by atoms with Gasteiger partial charge in [-0.1, -0.05) is 42.1 Å². The van der Waals surface area contributed by atoms with E-state index >= 15 is 0 Å². The van der Waals surface area contributed by atoms with Crippen molar-refractivity contribution in [3.63, 3.8) is 0 Å². The van der Waals surface area contributed by atoms with Crippen molar-refractivity contribution in [1.82, 2.24) is 19.5 Å². The third-order valence-electron chi connectivity index (χ3n) is 5.37. The normalized spacial score (nSPS) is 11.1. The zero-order chi connectivity index (χ0) is 23.3. The van der Waals surface area contributed by atoms with Crippen molar-refractivity contribution in [2.45, 2.75) is 18.5 Å². The number of fused-ring (bicyclic) bond motifs is 1. The number of benzene rings is 2. The quantitative estimate of drug-likeness (QED) is 0.213. The molecule has 0 aliphatic rings. The Balaban J connectivity index is 1.60. The molecule has 172 valence electrons. The molecule has 0 atom stereocenters. The Morgan fingerprint density at radius 1 is 0.971 bits per heavy atom. The molecule has 0 saturated heterocycles. The fourth-order valence-electron chi connectivity index (χ4n) is 3.75. The van der Waals surface area contributed by atoms with Gasteiger partial charge in [-0.3, -0.25) is 4.57 Å². The van der Waals surface area contributed by atoms with E-state index in [4.69, 9.17) is 24.1 Å². The minimum absolute atomic E-state index is 0.662. The molecule has 34 heavy (non-hydrogen) atoms. The van der Waals surface area contributed by atoms with Crippen LogP contribution in [0, 0.1) is 0 Å². The zero-order valence-electron chi connectivity index (χ0n) is 19.1. The largest absolute Gasteiger partial charge is 0.497 e. The van der Waals surface area contributed by atoms with Crippen LogP contribution in [-0.2, 0) is 6.42 Å². The number of furan rings is 1. The summed E-state index contributed by atoms with van der Waals surface area (Å²) in [5, 5.41) is 4.07. The second kappa shape index (κ2) is 10.0. The van der Waals surface area contributed by atoms with Crippen molar-refractivity contribution >= 4 is 28.7 Å². The van der Waals surface area contributed by atoms with Crippen molar-refractivity contribution in [2.24, 2.45) is 0 Å². The molecule has 5 rings (SSSR count). The zero-order valence-corrected chi connectivity index (χ0v) is 19.9. The maximum absolute atomic E-state index is 5.72. The van der Waals surface area contributed by atoms with Crippen molar-refractivity contribution in [2.75, 3.05) is 24.7 Å². The first-order valence-corrected chi connectivity index (χ1v) is 12.1. The van der Waals surface area contributed by atoms with Crippen LogP contribution >= 0.6 is 11.8 Å². The number of nitrogens with zero attached hydrogens (tertiary/aromatic N) is 4. The molecule has 7 nitrogen and oxygen atoms in total. The number of methoxy groups -OCH3 is 1. The summed E-state index contributed by atoms with van der Waals surface area (Å²) in [6.07, 6.45) is 2.59. The van der Waals surface area contributed by atoms with E-state index in [0.717, 1.165) is 41.6 Å². The lowest BCUT2D eigenvalue weighted by molar-refractivity contribution is 0.415. The summed E-state index contributed by atoms with van der Waals surface area (Å²) in [6.45, 7) is 2.77. The van der Waals surface area contributed by atoms with Gasteiger partial charge in [-0.25, -0.2) is 15.0 Å². The molecular weight excluding hydrogens is 446 g/mol. The summed E-state index contributed by atoms with van der Waals surface area (Å²) >= 11 is 1.64. The summed E-state index contributed by atoms with van der Waals surface area (Å²) < 4.78 is 13.1. The van der Waals surface area contributed by atoms with E-state index in [1.165, 1.54) is 5.56 Å². The molecular formula is C26H25N5O2S. The Bertz CT molecular complexity index is 1370. The van der Waals surface area contributed by atoms with Crippen LogP contribution in [0.15, 0.2) is 82.6 Å². The highest BCUT2D eigenvalue weighted by atomic mass is 32.2.